The molecule has 0 saturated heterocycles. The topological polar surface area (TPSA) is 125 Å². The van der Waals surface area contributed by atoms with E-state index in [-0.39, 0.29) is 28.9 Å². The van der Waals surface area contributed by atoms with Crippen LogP contribution in [0.15, 0.2) is 18.2 Å². The van der Waals surface area contributed by atoms with Crippen LogP contribution in [0.5, 0.6) is 0 Å². The van der Waals surface area contributed by atoms with Gasteiger partial charge in [-0.1, -0.05) is 19.8 Å². The molecule has 0 unspecified atom stereocenters. The second kappa shape index (κ2) is 7.96. The van der Waals surface area contributed by atoms with Gasteiger partial charge in [0.1, 0.15) is 5.69 Å². The van der Waals surface area contributed by atoms with Crippen molar-refractivity contribution in [3.05, 3.63) is 33.9 Å². The number of anilines is 1. The van der Waals surface area contributed by atoms with Gasteiger partial charge in [0.05, 0.1) is 10.5 Å². The molecule has 0 heterocycles. The van der Waals surface area contributed by atoms with E-state index in [1.54, 1.807) is 0 Å². The Balaban J connectivity index is 1.98. The van der Waals surface area contributed by atoms with Gasteiger partial charge in [0.2, 0.25) is 0 Å². The van der Waals surface area contributed by atoms with Crippen LogP contribution in [0.2, 0.25) is 0 Å². The summed E-state index contributed by atoms with van der Waals surface area (Å²) in [5.41, 5.74) is 5.06. The lowest BCUT2D eigenvalue weighted by Crippen LogP contribution is -2.45. The van der Waals surface area contributed by atoms with Gasteiger partial charge in [-0.3, -0.25) is 14.9 Å². The summed E-state index contributed by atoms with van der Waals surface area (Å²) >= 11 is 0. The Morgan fingerprint density at radius 3 is 2.68 bits per heavy atom. The van der Waals surface area contributed by atoms with E-state index in [4.69, 9.17) is 10.5 Å². The number of nitro groups is 1. The maximum atomic E-state index is 12.2. The molecule has 0 spiro atoms. The molecular weight excluding hydrogens is 326 g/mol. The van der Waals surface area contributed by atoms with Crippen LogP contribution in [0.25, 0.3) is 0 Å². The first-order valence-electron chi connectivity index (χ1n) is 8.35. The SMILES string of the molecule is C[C@@H]1CCCC[C@@H]1NC(=O)[C@@H](C)OC(=O)c1ccc(N)c([N+](=O)[O-])c1. The number of carbonyl (C=O) groups is 2. The van der Waals surface area contributed by atoms with Gasteiger partial charge in [0.15, 0.2) is 6.10 Å². The van der Waals surface area contributed by atoms with Crippen LogP contribution in [0.1, 0.15) is 49.9 Å². The van der Waals surface area contributed by atoms with Gasteiger partial charge in [-0.05, 0) is 37.8 Å². The molecule has 3 atom stereocenters. The van der Waals surface area contributed by atoms with E-state index in [1.165, 1.54) is 19.1 Å². The largest absolute Gasteiger partial charge is 0.449 e. The zero-order valence-electron chi connectivity index (χ0n) is 14.4. The number of nitrogens with one attached hydrogen (secondary N) is 1. The number of esters is 1. The third kappa shape index (κ3) is 4.68. The molecular formula is C17H23N3O5. The first kappa shape index (κ1) is 18.7. The number of benzene rings is 1. The van der Waals surface area contributed by atoms with Gasteiger partial charge < -0.3 is 15.8 Å². The van der Waals surface area contributed by atoms with Gasteiger partial charge in [-0.2, -0.15) is 0 Å². The quantitative estimate of drug-likeness (QED) is 0.364. The molecule has 0 aliphatic heterocycles. The van der Waals surface area contributed by atoms with E-state index >= 15 is 0 Å². The molecule has 2 rings (SSSR count). The summed E-state index contributed by atoms with van der Waals surface area (Å²) in [6.07, 6.45) is 3.22. The second-order valence-electron chi connectivity index (χ2n) is 6.46. The number of amides is 1. The summed E-state index contributed by atoms with van der Waals surface area (Å²) in [6.45, 7) is 3.57. The lowest BCUT2D eigenvalue weighted by atomic mass is 9.86. The molecule has 0 aromatic heterocycles. The van der Waals surface area contributed by atoms with E-state index in [0.29, 0.717) is 5.92 Å². The highest BCUT2D eigenvalue weighted by molar-refractivity contribution is 5.93. The number of nitro benzene ring substituents is 1. The molecule has 1 aromatic rings. The standard InChI is InChI=1S/C17H23N3O5/c1-10-5-3-4-6-14(10)19-16(21)11(2)25-17(22)12-7-8-13(18)15(9-12)20(23)24/h7-11,14H,3-6,18H2,1-2H3,(H,19,21)/t10-,11-,14+/m1/s1. The number of ether oxygens (including phenoxy) is 1. The normalized spacial score (nSPS) is 21.2. The monoisotopic (exact) mass is 349 g/mol. The highest BCUT2D eigenvalue weighted by Gasteiger charge is 2.27. The fourth-order valence-corrected chi connectivity index (χ4v) is 2.94. The van der Waals surface area contributed by atoms with Crippen molar-refractivity contribution >= 4 is 23.3 Å². The van der Waals surface area contributed by atoms with Crippen molar-refractivity contribution in [3.63, 3.8) is 0 Å². The van der Waals surface area contributed by atoms with Gasteiger partial charge in [0.25, 0.3) is 11.6 Å². The molecule has 8 nitrogen and oxygen atoms in total. The Kier molecular flexibility index (Phi) is 5.95. The number of nitrogen functional groups attached to an aromatic ring is 1. The number of nitrogens with two attached hydrogens (primary N) is 1. The summed E-state index contributed by atoms with van der Waals surface area (Å²) in [5, 5.41) is 13.8. The average molecular weight is 349 g/mol. The van der Waals surface area contributed by atoms with Gasteiger partial charge in [-0.25, -0.2) is 4.79 Å². The molecule has 1 aromatic carbocycles. The number of hydrogen-bond acceptors (Lipinski definition) is 6. The van der Waals surface area contributed by atoms with Gasteiger partial charge >= 0.3 is 5.97 Å². The van der Waals surface area contributed by atoms with Crippen LogP contribution in [0.3, 0.4) is 0 Å². The van der Waals surface area contributed by atoms with E-state index in [0.717, 1.165) is 31.7 Å². The number of hydrogen-bond donors (Lipinski definition) is 2. The summed E-state index contributed by atoms with van der Waals surface area (Å²) in [5.74, 6) is -0.778. The summed E-state index contributed by atoms with van der Waals surface area (Å²) < 4.78 is 5.14. The molecule has 8 heteroatoms. The number of nitrogens with zero attached hydrogens (tertiary/aromatic N) is 1. The Hall–Kier alpha value is -2.64. The van der Waals surface area contributed by atoms with Crippen molar-refractivity contribution in [2.24, 2.45) is 5.92 Å². The third-order valence-corrected chi connectivity index (χ3v) is 4.56. The van der Waals surface area contributed by atoms with Crippen molar-refractivity contribution in [1.82, 2.24) is 5.32 Å². The van der Waals surface area contributed by atoms with Crippen molar-refractivity contribution in [1.29, 1.82) is 0 Å². The molecule has 0 radical (unpaired) electrons. The molecule has 25 heavy (non-hydrogen) atoms. The van der Waals surface area contributed by atoms with Crippen molar-refractivity contribution < 1.29 is 19.2 Å². The van der Waals surface area contributed by atoms with Gasteiger partial charge in [0, 0.05) is 12.1 Å². The van der Waals surface area contributed by atoms with Crippen LogP contribution in [0, 0.1) is 16.0 Å². The van der Waals surface area contributed by atoms with E-state index < -0.39 is 17.0 Å². The maximum Gasteiger partial charge on any atom is 0.339 e. The predicted molar refractivity (Wildman–Crippen MR) is 91.9 cm³/mol. The first-order chi connectivity index (χ1) is 11.8. The summed E-state index contributed by atoms with van der Waals surface area (Å²) in [4.78, 5) is 34.6. The summed E-state index contributed by atoms with van der Waals surface area (Å²) in [7, 11) is 0. The molecule has 0 bridgehead atoms. The highest BCUT2D eigenvalue weighted by Crippen LogP contribution is 2.24. The van der Waals surface area contributed by atoms with Crippen molar-refractivity contribution in [2.45, 2.75) is 51.7 Å². The fourth-order valence-electron chi connectivity index (χ4n) is 2.94. The number of rotatable bonds is 5. The van der Waals surface area contributed by atoms with Crippen molar-refractivity contribution in [3.8, 4) is 0 Å². The molecule has 136 valence electrons. The van der Waals surface area contributed by atoms with E-state index in [2.05, 4.69) is 12.2 Å². The summed E-state index contributed by atoms with van der Waals surface area (Å²) in [6, 6.07) is 3.73. The third-order valence-electron chi connectivity index (χ3n) is 4.56. The molecule has 3 N–H and O–H groups in total. The smallest absolute Gasteiger partial charge is 0.339 e. The minimum atomic E-state index is -0.988. The molecule has 1 aliphatic rings. The zero-order valence-corrected chi connectivity index (χ0v) is 14.4. The molecule has 1 amide bonds. The number of carbonyl (C=O) groups excluding carboxylic acids is 2. The Morgan fingerprint density at radius 1 is 1.36 bits per heavy atom. The second-order valence-corrected chi connectivity index (χ2v) is 6.46. The Bertz CT molecular complexity index is 676. The molecule has 1 saturated carbocycles. The zero-order chi connectivity index (χ0) is 18.6. The van der Waals surface area contributed by atoms with Crippen LogP contribution in [0.4, 0.5) is 11.4 Å². The minimum Gasteiger partial charge on any atom is -0.449 e. The van der Waals surface area contributed by atoms with Crippen LogP contribution >= 0.6 is 0 Å². The van der Waals surface area contributed by atoms with Crippen LogP contribution in [-0.2, 0) is 9.53 Å². The lowest BCUT2D eigenvalue weighted by Gasteiger charge is -2.30. The van der Waals surface area contributed by atoms with Crippen molar-refractivity contribution in [2.75, 3.05) is 5.73 Å². The Labute approximate surface area is 145 Å². The van der Waals surface area contributed by atoms with Crippen LogP contribution < -0.4 is 11.1 Å². The minimum absolute atomic E-state index is 0.0217. The maximum absolute atomic E-state index is 12.2. The van der Waals surface area contributed by atoms with E-state index in [1.807, 2.05) is 0 Å². The highest BCUT2D eigenvalue weighted by atomic mass is 16.6. The van der Waals surface area contributed by atoms with Gasteiger partial charge in [-0.15, -0.1) is 0 Å². The lowest BCUT2D eigenvalue weighted by molar-refractivity contribution is -0.383. The average Bonchev–Trinajstić information content (AvgIpc) is 2.56. The van der Waals surface area contributed by atoms with Crippen LogP contribution in [-0.4, -0.2) is 28.9 Å². The fraction of sp³-hybridized carbons (Fsp3) is 0.529. The first-order valence-corrected chi connectivity index (χ1v) is 8.35. The van der Waals surface area contributed by atoms with E-state index in [9.17, 15) is 19.7 Å². The predicted octanol–water partition coefficient (Wildman–Crippen LogP) is 2.42. The Morgan fingerprint density at radius 2 is 2.04 bits per heavy atom. The molecule has 1 aliphatic carbocycles. The molecule has 1 fully saturated rings.